The van der Waals surface area contributed by atoms with Crippen molar-refractivity contribution in [3.05, 3.63) is 58.1 Å². The molecule has 0 amide bonds. The molecule has 1 atom stereocenters. The molecule has 0 aliphatic rings. The molecule has 0 radical (unpaired) electrons. The summed E-state index contributed by atoms with van der Waals surface area (Å²) in [5.41, 5.74) is 3.53. The molecule has 0 N–H and O–H groups in total. The molecule has 2 aromatic carbocycles. The Bertz CT molecular complexity index is 983. The topological polar surface area (TPSA) is 50.3 Å². The van der Waals surface area contributed by atoms with E-state index in [-0.39, 0.29) is 6.04 Å². The largest absolute Gasteiger partial charge is 0.243 e. The van der Waals surface area contributed by atoms with Gasteiger partial charge in [-0.1, -0.05) is 29.8 Å². The first-order valence-electron chi connectivity index (χ1n) is 8.13. The zero-order valence-corrected chi connectivity index (χ0v) is 16.7. The van der Waals surface area contributed by atoms with Crippen LogP contribution in [0.25, 0.3) is 10.2 Å². The number of rotatable bonds is 4. The molecule has 0 saturated heterocycles. The molecule has 3 aromatic rings. The number of hydrogen-bond acceptors (Lipinski definition) is 4. The fourth-order valence-electron chi connectivity index (χ4n) is 3.15. The maximum absolute atomic E-state index is 13.2. The van der Waals surface area contributed by atoms with Crippen molar-refractivity contribution in [1.82, 2.24) is 9.29 Å². The van der Waals surface area contributed by atoms with Crippen molar-refractivity contribution >= 4 is 31.6 Å². The van der Waals surface area contributed by atoms with Crippen LogP contribution in [0.1, 0.15) is 34.7 Å². The van der Waals surface area contributed by atoms with Crippen LogP contribution in [0.5, 0.6) is 0 Å². The fraction of sp³-hybridized carbons (Fsp3) is 0.316. The minimum absolute atomic E-state index is 0.331. The van der Waals surface area contributed by atoms with Crippen LogP contribution in [0.4, 0.5) is 0 Å². The predicted molar refractivity (Wildman–Crippen MR) is 104 cm³/mol. The number of fused-ring (bicyclic) bond motifs is 1. The Labute approximate surface area is 153 Å². The molecule has 1 heterocycles. The quantitative estimate of drug-likeness (QED) is 0.670. The van der Waals surface area contributed by atoms with Crippen LogP contribution in [0.3, 0.4) is 0 Å². The molecule has 0 fully saturated rings. The van der Waals surface area contributed by atoms with Crippen LogP contribution < -0.4 is 0 Å². The van der Waals surface area contributed by atoms with Gasteiger partial charge in [0.05, 0.1) is 21.2 Å². The average Bonchev–Trinajstić information content (AvgIpc) is 2.96. The van der Waals surface area contributed by atoms with Gasteiger partial charge in [-0.15, -0.1) is 11.3 Å². The van der Waals surface area contributed by atoms with Gasteiger partial charge in [0.2, 0.25) is 10.0 Å². The van der Waals surface area contributed by atoms with E-state index in [0.29, 0.717) is 4.90 Å². The Hall–Kier alpha value is -1.76. The van der Waals surface area contributed by atoms with E-state index in [1.165, 1.54) is 15.6 Å². The summed E-state index contributed by atoms with van der Waals surface area (Å²) in [5.74, 6) is 0. The highest BCUT2D eigenvalue weighted by Gasteiger charge is 2.30. The van der Waals surface area contributed by atoms with Gasteiger partial charge < -0.3 is 0 Å². The van der Waals surface area contributed by atoms with Gasteiger partial charge in [0.15, 0.2) is 0 Å². The first kappa shape index (κ1) is 18.0. The molecule has 0 unspecified atom stereocenters. The molecule has 1 aromatic heterocycles. The summed E-state index contributed by atoms with van der Waals surface area (Å²) in [7, 11) is -1.97. The van der Waals surface area contributed by atoms with E-state index in [4.69, 9.17) is 0 Å². The average molecular weight is 375 g/mol. The van der Waals surface area contributed by atoms with E-state index in [1.807, 2.05) is 64.1 Å². The highest BCUT2D eigenvalue weighted by Crippen LogP contribution is 2.33. The number of benzene rings is 2. The van der Waals surface area contributed by atoms with E-state index in [0.717, 1.165) is 31.9 Å². The van der Waals surface area contributed by atoms with Crippen LogP contribution in [0.15, 0.2) is 41.3 Å². The van der Waals surface area contributed by atoms with E-state index < -0.39 is 10.0 Å². The van der Waals surface area contributed by atoms with Crippen molar-refractivity contribution in [2.75, 3.05) is 7.05 Å². The molecule has 0 aliphatic carbocycles. The zero-order valence-electron chi connectivity index (χ0n) is 15.1. The van der Waals surface area contributed by atoms with Crippen molar-refractivity contribution in [1.29, 1.82) is 0 Å². The van der Waals surface area contributed by atoms with Gasteiger partial charge in [0, 0.05) is 7.05 Å². The summed E-state index contributed by atoms with van der Waals surface area (Å²) in [6.45, 7) is 7.56. The van der Waals surface area contributed by atoms with Gasteiger partial charge in [-0.3, -0.25) is 0 Å². The molecule has 0 saturated carbocycles. The van der Waals surface area contributed by atoms with Crippen molar-refractivity contribution in [3.8, 4) is 0 Å². The number of sulfonamides is 1. The lowest BCUT2D eigenvalue weighted by Crippen LogP contribution is -2.30. The molecule has 4 nitrogen and oxygen atoms in total. The number of nitrogens with zero attached hydrogens (tertiary/aromatic N) is 2. The van der Waals surface area contributed by atoms with Crippen molar-refractivity contribution in [2.45, 2.75) is 38.6 Å². The molecule has 3 rings (SSSR count). The normalized spacial score (nSPS) is 13.5. The number of para-hydroxylation sites is 1. The van der Waals surface area contributed by atoms with Gasteiger partial charge >= 0.3 is 0 Å². The van der Waals surface area contributed by atoms with Crippen LogP contribution >= 0.6 is 11.3 Å². The predicted octanol–water partition coefficient (Wildman–Crippen LogP) is 4.60. The first-order valence-corrected chi connectivity index (χ1v) is 10.4. The van der Waals surface area contributed by atoms with Gasteiger partial charge in [0.1, 0.15) is 5.01 Å². The van der Waals surface area contributed by atoms with Crippen molar-refractivity contribution in [3.63, 3.8) is 0 Å². The van der Waals surface area contributed by atoms with Gasteiger partial charge in [-0.2, -0.15) is 4.31 Å². The van der Waals surface area contributed by atoms with E-state index in [1.54, 1.807) is 7.05 Å². The highest BCUT2D eigenvalue weighted by atomic mass is 32.2. The second kappa shape index (κ2) is 6.52. The minimum Gasteiger partial charge on any atom is -0.239 e. The lowest BCUT2D eigenvalue weighted by atomic mass is 10.1. The van der Waals surface area contributed by atoms with E-state index >= 15 is 0 Å². The monoisotopic (exact) mass is 374 g/mol. The Morgan fingerprint density at radius 2 is 1.68 bits per heavy atom. The van der Waals surface area contributed by atoms with Crippen LogP contribution in [-0.2, 0) is 10.0 Å². The molecule has 0 bridgehead atoms. The second-order valence-electron chi connectivity index (χ2n) is 6.44. The Morgan fingerprint density at radius 1 is 1.08 bits per heavy atom. The number of thiazole rings is 1. The molecular weight excluding hydrogens is 352 g/mol. The van der Waals surface area contributed by atoms with Crippen molar-refractivity contribution in [2.24, 2.45) is 0 Å². The second-order valence-corrected chi connectivity index (χ2v) is 9.44. The summed E-state index contributed by atoms with van der Waals surface area (Å²) in [6, 6.07) is 11.4. The summed E-state index contributed by atoms with van der Waals surface area (Å²) >= 11 is 1.54. The minimum atomic E-state index is -3.60. The first-order chi connectivity index (χ1) is 11.7. The fourth-order valence-corrected chi connectivity index (χ4v) is 6.02. The van der Waals surface area contributed by atoms with Gasteiger partial charge in [0.25, 0.3) is 0 Å². The summed E-state index contributed by atoms with van der Waals surface area (Å²) in [4.78, 5) is 5.01. The lowest BCUT2D eigenvalue weighted by molar-refractivity contribution is 0.397. The Kier molecular flexibility index (Phi) is 4.70. The summed E-state index contributed by atoms with van der Waals surface area (Å²) in [6.07, 6.45) is 0. The maximum Gasteiger partial charge on any atom is 0.243 e. The van der Waals surface area contributed by atoms with E-state index in [2.05, 4.69) is 4.98 Å². The number of aryl methyl sites for hydroxylation is 3. The van der Waals surface area contributed by atoms with Crippen LogP contribution in [0, 0.1) is 20.8 Å². The van der Waals surface area contributed by atoms with Crippen LogP contribution in [0.2, 0.25) is 0 Å². The number of hydrogen-bond donors (Lipinski definition) is 0. The zero-order chi connectivity index (χ0) is 18.4. The third-order valence-electron chi connectivity index (χ3n) is 4.45. The smallest absolute Gasteiger partial charge is 0.239 e. The molecule has 132 valence electrons. The molecule has 6 heteroatoms. The maximum atomic E-state index is 13.2. The SMILES string of the molecule is Cc1cc(C)c(S(=O)(=O)N(C)[C@H](C)c2nc3ccccc3s2)c(C)c1. The lowest BCUT2D eigenvalue weighted by Gasteiger charge is -2.24. The third kappa shape index (κ3) is 3.21. The Balaban J connectivity index is 2.02. The third-order valence-corrected chi connectivity index (χ3v) is 7.90. The van der Waals surface area contributed by atoms with E-state index in [9.17, 15) is 8.42 Å². The summed E-state index contributed by atoms with van der Waals surface area (Å²) < 4.78 is 28.9. The molecule has 25 heavy (non-hydrogen) atoms. The van der Waals surface area contributed by atoms with Crippen LogP contribution in [-0.4, -0.2) is 24.8 Å². The van der Waals surface area contributed by atoms with Crippen molar-refractivity contribution < 1.29 is 8.42 Å². The van der Waals surface area contributed by atoms with Gasteiger partial charge in [-0.25, -0.2) is 13.4 Å². The standard InChI is InChI=1S/C19H22N2O2S2/c1-12-10-13(2)18(14(3)11-12)25(22,23)21(5)15(4)19-20-16-8-6-7-9-17(16)24-19/h6-11,15H,1-5H3/t15-/m1/s1. The molecule has 0 spiro atoms. The molecule has 0 aliphatic heterocycles. The highest BCUT2D eigenvalue weighted by molar-refractivity contribution is 7.89. The summed E-state index contributed by atoms with van der Waals surface area (Å²) in [5, 5.41) is 0.801. The van der Waals surface area contributed by atoms with Gasteiger partial charge in [-0.05, 0) is 51.0 Å². The Morgan fingerprint density at radius 3 is 2.28 bits per heavy atom. The number of aromatic nitrogens is 1. The molecular formula is C19H22N2O2S2.